The molecule has 0 amide bonds. The van der Waals surface area contributed by atoms with Gasteiger partial charge in [0.1, 0.15) is 12.4 Å². The molecule has 1 unspecified atom stereocenters. The molecule has 152 valence electrons. The maximum absolute atomic E-state index is 4.72. The Kier molecular flexibility index (Phi) is 9.39. The highest BCUT2D eigenvalue weighted by Gasteiger charge is 2.09. The van der Waals surface area contributed by atoms with Crippen LogP contribution in [0.4, 0.5) is 0 Å². The van der Waals surface area contributed by atoms with Crippen LogP contribution < -0.4 is 10.6 Å². The minimum atomic E-state index is 0. The van der Waals surface area contributed by atoms with Crippen molar-refractivity contribution >= 4 is 52.6 Å². The van der Waals surface area contributed by atoms with Crippen molar-refractivity contribution in [3.63, 3.8) is 0 Å². The monoisotopic (exact) mass is 530 g/mol. The lowest BCUT2D eigenvalue weighted by atomic mass is 10.1. The van der Waals surface area contributed by atoms with E-state index in [4.69, 9.17) is 4.99 Å². The molecule has 0 aliphatic rings. The Morgan fingerprint density at radius 1 is 1.25 bits per heavy atom. The largest absolute Gasteiger partial charge is 0.356 e. The van der Waals surface area contributed by atoms with E-state index in [0.29, 0.717) is 12.5 Å². The summed E-state index contributed by atoms with van der Waals surface area (Å²) in [4.78, 5) is 6.09. The van der Waals surface area contributed by atoms with E-state index in [-0.39, 0.29) is 24.0 Å². The Balaban J connectivity index is 0.00000280. The third-order valence-corrected chi connectivity index (χ3v) is 6.13. The van der Waals surface area contributed by atoms with Crippen LogP contribution in [-0.2, 0) is 20.0 Å². The molecule has 0 spiro atoms. The molecule has 9 heteroatoms. The number of rotatable bonds is 8. The third kappa shape index (κ3) is 6.56. The molecule has 6 nitrogen and oxygen atoms in total. The molecule has 0 saturated heterocycles. The van der Waals surface area contributed by atoms with Crippen LogP contribution in [0, 0.1) is 6.92 Å². The molecule has 0 aliphatic heterocycles. The van der Waals surface area contributed by atoms with E-state index in [0.717, 1.165) is 37.1 Å². The van der Waals surface area contributed by atoms with Crippen LogP contribution in [0.5, 0.6) is 0 Å². The number of aryl methyl sites for hydroxylation is 1. The van der Waals surface area contributed by atoms with Crippen LogP contribution >= 0.6 is 46.7 Å². The van der Waals surface area contributed by atoms with Crippen molar-refractivity contribution in [1.29, 1.82) is 0 Å². The van der Waals surface area contributed by atoms with E-state index >= 15 is 0 Å². The SMILES string of the molecule is Cc1nnc(CN=C(NCCc2cccs2)NCC(C)c2ccsc2)n1C.I. The third-order valence-electron chi connectivity index (χ3n) is 4.49. The van der Waals surface area contributed by atoms with Crippen LogP contribution in [0.3, 0.4) is 0 Å². The molecular formula is C19H27IN6S2. The zero-order valence-corrected chi connectivity index (χ0v) is 20.3. The average Bonchev–Trinajstić information content (AvgIpc) is 3.42. The van der Waals surface area contributed by atoms with Gasteiger partial charge in [-0.3, -0.25) is 0 Å². The first-order valence-corrected chi connectivity index (χ1v) is 10.9. The minimum Gasteiger partial charge on any atom is -0.356 e. The van der Waals surface area contributed by atoms with Crippen molar-refractivity contribution in [2.45, 2.75) is 32.7 Å². The lowest BCUT2D eigenvalue weighted by Crippen LogP contribution is -2.40. The summed E-state index contributed by atoms with van der Waals surface area (Å²) in [5, 5.41) is 21.7. The van der Waals surface area contributed by atoms with Crippen molar-refractivity contribution in [2.24, 2.45) is 12.0 Å². The van der Waals surface area contributed by atoms with Crippen LogP contribution in [0.2, 0.25) is 0 Å². The number of aromatic nitrogens is 3. The van der Waals surface area contributed by atoms with Gasteiger partial charge in [0, 0.05) is 25.0 Å². The van der Waals surface area contributed by atoms with E-state index in [1.807, 2.05) is 18.5 Å². The number of guanidine groups is 1. The van der Waals surface area contributed by atoms with Crippen LogP contribution in [-0.4, -0.2) is 33.8 Å². The summed E-state index contributed by atoms with van der Waals surface area (Å²) < 4.78 is 1.97. The van der Waals surface area contributed by atoms with Gasteiger partial charge in [-0.25, -0.2) is 4.99 Å². The fraction of sp³-hybridized carbons (Fsp3) is 0.421. The predicted molar refractivity (Wildman–Crippen MR) is 129 cm³/mol. The number of hydrogen-bond donors (Lipinski definition) is 2. The number of nitrogens with one attached hydrogen (secondary N) is 2. The van der Waals surface area contributed by atoms with Gasteiger partial charge in [0.25, 0.3) is 0 Å². The molecule has 0 saturated carbocycles. The van der Waals surface area contributed by atoms with Crippen molar-refractivity contribution in [3.05, 3.63) is 56.4 Å². The molecule has 0 radical (unpaired) electrons. The lowest BCUT2D eigenvalue weighted by Gasteiger charge is -2.16. The zero-order chi connectivity index (χ0) is 19.1. The van der Waals surface area contributed by atoms with Gasteiger partial charge >= 0.3 is 0 Å². The van der Waals surface area contributed by atoms with Crippen LogP contribution in [0.15, 0.2) is 39.3 Å². The average molecular weight is 531 g/mol. The van der Waals surface area contributed by atoms with E-state index in [1.165, 1.54) is 10.4 Å². The van der Waals surface area contributed by atoms with E-state index in [2.05, 4.69) is 62.1 Å². The summed E-state index contributed by atoms with van der Waals surface area (Å²) in [7, 11) is 1.97. The highest BCUT2D eigenvalue weighted by Crippen LogP contribution is 2.17. The van der Waals surface area contributed by atoms with Crippen LogP contribution in [0.1, 0.15) is 34.9 Å². The number of aliphatic imine (C=N–C) groups is 1. The summed E-state index contributed by atoms with van der Waals surface area (Å²) in [5.41, 5.74) is 1.36. The highest BCUT2D eigenvalue weighted by molar-refractivity contribution is 14.0. The molecule has 3 heterocycles. The van der Waals surface area contributed by atoms with Gasteiger partial charge in [-0.1, -0.05) is 13.0 Å². The van der Waals surface area contributed by atoms with Gasteiger partial charge in [-0.15, -0.1) is 45.5 Å². The second-order valence-corrected chi connectivity index (χ2v) is 8.29. The molecule has 3 aromatic rings. The summed E-state index contributed by atoms with van der Waals surface area (Å²) in [6.45, 7) is 6.35. The first kappa shape index (κ1) is 22.8. The summed E-state index contributed by atoms with van der Waals surface area (Å²) in [6, 6.07) is 6.43. The zero-order valence-electron chi connectivity index (χ0n) is 16.4. The summed E-state index contributed by atoms with van der Waals surface area (Å²) in [5.74, 6) is 3.00. The Labute approximate surface area is 191 Å². The summed E-state index contributed by atoms with van der Waals surface area (Å²) >= 11 is 3.52. The fourth-order valence-electron chi connectivity index (χ4n) is 2.59. The predicted octanol–water partition coefficient (Wildman–Crippen LogP) is 3.95. The molecule has 28 heavy (non-hydrogen) atoms. The van der Waals surface area contributed by atoms with Crippen molar-refractivity contribution in [1.82, 2.24) is 25.4 Å². The van der Waals surface area contributed by atoms with Gasteiger partial charge in [0.05, 0.1) is 0 Å². The number of hydrogen-bond acceptors (Lipinski definition) is 5. The summed E-state index contributed by atoms with van der Waals surface area (Å²) in [6.07, 6.45) is 0.988. The molecular weight excluding hydrogens is 503 g/mol. The number of thiophene rings is 2. The second kappa shape index (κ2) is 11.5. The molecule has 0 fully saturated rings. The molecule has 0 aromatic carbocycles. The standard InChI is InChI=1S/C19H26N6S2.HI/c1-14(16-7-10-26-13-16)11-21-19(20-8-6-17-5-4-9-27-17)22-12-18-24-23-15(2)25(18)3;/h4-5,7,9-10,13-14H,6,8,11-12H2,1-3H3,(H2,20,21,22);1H. The number of halogens is 1. The van der Waals surface area contributed by atoms with Crippen molar-refractivity contribution in [3.8, 4) is 0 Å². The molecule has 3 aromatic heterocycles. The first-order valence-electron chi connectivity index (χ1n) is 9.05. The van der Waals surface area contributed by atoms with E-state index in [9.17, 15) is 0 Å². The van der Waals surface area contributed by atoms with E-state index in [1.54, 1.807) is 22.7 Å². The number of nitrogens with zero attached hydrogens (tertiary/aromatic N) is 4. The Morgan fingerprint density at radius 3 is 2.75 bits per heavy atom. The van der Waals surface area contributed by atoms with Crippen molar-refractivity contribution < 1.29 is 0 Å². The van der Waals surface area contributed by atoms with Crippen LogP contribution in [0.25, 0.3) is 0 Å². The van der Waals surface area contributed by atoms with E-state index < -0.39 is 0 Å². The second-order valence-electron chi connectivity index (χ2n) is 6.48. The first-order chi connectivity index (χ1) is 13.1. The topological polar surface area (TPSA) is 67.1 Å². The minimum absolute atomic E-state index is 0. The van der Waals surface area contributed by atoms with Gasteiger partial charge in [-0.05, 0) is 53.1 Å². The van der Waals surface area contributed by atoms with Crippen molar-refractivity contribution in [2.75, 3.05) is 13.1 Å². The van der Waals surface area contributed by atoms with Gasteiger partial charge in [0.2, 0.25) is 0 Å². The smallest absolute Gasteiger partial charge is 0.191 e. The maximum Gasteiger partial charge on any atom is 0.191 e. The Bertz CT molecular complexity index is 842. The Hall–Kier alpha value is -1.46. The Morgan fingerprint density at radius 2 is 2.11 bits per heavy atom. The lowest BCUT2D eigenvalue weighted by molar-refractivity contribution is 0.692. The molecule has 3 rings (SSSR count). The van der Waals surface area contributed by atoms with Gasteiger partial charge < -0.3 is 15.2 Å². The molecule has 0 bridgehead atoms. The normalized spacial score (nSPS) is 12.5. The van der Waals surface area contributed by atoms with Gasteiger partial charge in [0.15, 0.2) is 11.8 Å². The maximum atomic E-state index is 4.72. The molecule has 1 atom stereocenters. The van der Waals surface area contributed by atoms with Gasteiger partial charge in [-0.2, -0.15) is 11.3 Å². The molecule has 2 N–H and O–H groups in total. The fourth-order valence-corrected chi connectivity index (χ4v) is 4.09. The quantitative estimate of drug-likeness (QED) is 0.263. The molecule has 0 aliphatic carbocycles. The highest BCUT2D eigenvalue weighted by atomic mass is 127.